The predicted molar refractivity (Wildman–Crippen MR) is 105 cm³/mol. The molecule has 0 fully saturated rings. The highest BCUT2D eigenvalue weighted by Crippen LogP contribution is 2.23. The number of thioether (sulfide) groups is 1. The number of halogens is 2. The van der Waals surface area contributed by atoms with Gasteiger partial charge in [-0.15, -0.1) is 0 Å². The molecular weight excluding hydrogens is 410 g/mol. The maximum absolute atomic E-state index is 12.0. The predicted octanol–water partition coefficient (Wildman–Crippen LogP) is 5.05. The van der Waals surface area contributed by atoms with Crippen LogP contribution in [0.3, 0.4) is 0 Å². The highest BCUT2D eigenvalue weighted by Gasteiger charge is 2.06. The van der Waals surface area contributed by atoms with Crippen molar-refractivity contribution in [2.24, 2.45) is 0 Å². The summed E-state index contributed by atoms with van der Waals surface area (Å²) in [5.74, 6) is 2.44. The molecular formula is C18H19BrClNO2S. The standard InChI is InChI=1S/C18H19BrClNO2S/c1-23-17-6-5-15(19)10-14(17)11-21-18(22)7-8-24-12-13-3-2-4-16(20)9-13/h2-6,9-10H,7-8,11-12H2,1H3,(H,21,22). The van der Waals surface area contributed by atoms with Crippen molar-refractivity contribution in [3.05, 3.63) is 63.1 Å². The first-order chi connectivity index (χ1) is 11.6. The zero-order chi connectivity index (χ0) is 17.4. The molecule has 0 heterocycles. The average Bonchev–Trinajstić information content (AvgIpc) is 2.57. The van der Waals surface area contributed by atoms with E-state index >= 15 is 0 Å². The summed E-state index contributed by atoms with van der Waals surface area (Å²) in [5.41, 5.74) is 2.12. The molecule has 2 aromatic rings. The van der Waals surface area contributed by atoms with Gasteiger partial charge in [-0.05, 0) is 35.9 Å². The number of carbonyl (C=O) groups excluding carboxylic acids is 1. The second-order valence-corrected chi connectivity index (χ2v) is 7.62. The molecule has 24 heavy (non-hydrogen) atoms. The van der Waals surface area contributed by atoms with Crippen molar-refractivity contribution in [2.75, 3.05) is 12.9 Å². The van der Waals surface area contributed by atoms with Gasteiger partial charge >= 0.3 is 0 Å². The second kappa shape index (κ2) is 9.97. The molecule has 6 heteroatoms. The first-order valence-corrected chi connectivity index (χ1v) is 9.82. The van der Waals surface area contributed by atoms with Crippen LogP contribution in [0.5, 0.6) is 5.75 Å². The minimum absolute atomic E-state index is 0.0376. The van der Waals surface area contributed by atoms with Crippen molar-refractivity contribution >= 4 is 45.2 Å². The van der Waals surface area contributed by atoms with Crippen LogP contribution in [0.15, 0.2) is 46.9 Å². The number of nitrogens with one attached hydrogen (secondary N) is 1. The van der Waals surface area contributed by atoms with Gasteiger partial charge in [-0.25, -0.2) is 0 Å². The molecule has 0 aliphatic heterocycles. The number of carbonyl (C=O) groups is 1. The maximum atomic E-state index is 12.0. The highest BCUT2D eigenvalue weighted by atomic mass is 79.9. The van der Waals surface area contributed by atoms with Crippen molar-refractivity contribution in [3.63, 3.8) is 0 Å². The van der Waals surface area contributed by atoms with Crippen LogP contribution in [0, 0.1) is 0 Å². The van der Waals surface area contributed by atoms with E-state index in [4.69, 9.17) is 16.3 Å². The summed E-state index contributed by atoms with van der Waals surface area (Å²) in [6.45, 7) is 0.459. The molecule has 1 N–H and O–H groups in total. The van der Waals surface area contributed by atoms with Gasteiger partial charge in [-0.1, -0.05) is 39.7 Å². The summed E-state index contributed by atoms with van der Waals surface area (Å²) in [6.07, 6.45) is 0.488. The Morgan fingerprint density at radius 3 is 2.88 bits per heavy atom. The van der Waals surface area contributed by atoms with Crippen molar-refractivity contribution in [1.29, 1.82) is 0 Å². The van der Waals surface area contributed by atoms with Gasteiger partial charge in [0, 0.05) is 39.5 Å². The van der Waals surface area contributed by atoms with Gasteiger partial charge < -0.3 is 10.1 Å². The molecule has 0 unspecified atom stereocenters. The van der Waals surface area contributed by atoms with Gasteiger partial charge in [0.05, 0.1) is 7.11 Å². The van der Waals surface area contributed by atoms with E-state index in [1.807, 2.05) is 42.5 Å². The van der Waals surface area contributed by atoms with Gasteiger partial charge in [-0.3, -0.25) is 4.79 Å². The third-order valence-corrected chi connectivity index (χ3v) is 5.11. The number of ether oxygens (including phenoxy) is 1. The molecule has 0 spiro atoms. The number of amides is 1. The van der Waals surface area contributed by atoms with Crippen LogP contribution in [-0.2, 0) is 17.1 Å². The summed E-state index contributed by atoms with van der Waals surface area (Å²) < 4.78 is 6.27. The van der Waals surface area contributed by atoms with Gasteiger partial charge in [0.15, 0.2) is 0 Å². The third kappa shape index (κ3) is 6.38. The van der Waals surface area contributed by atoms with Gasteiger partial charge in [-0.2, -0.15) is 11.8 Å². The molecule has 1 amide bonds. The van der Waals surface area contributed by atoms with Gasteiger partial charge in [0.1, 0.15) is 5.75 Å². The molecule has 0 aromatic heterocycles. The number of hydrogen-bond acceptors (Lipinski definition) is 3. The molecule has 2 rings (SSSR count). The van der Waals surface area contributed by atoms with Crippen molar-refractivity contribution < 1.29 is 9.53 Å². The fourth-order valence-corrected chi connectivity index (χ4v) is 3.66. The summed E-state index contributed by atoms with van der Waals surface area (Å²) in [5, 5.41) is 3.68. The van der Waals surface area contributed by atoms with E-state index < -0.39 is 0 Å². The summed E-state index contributed by atoms with van der Waals surface area (Å²) in [4.78, 5) is 12.0. The molecule has 0 radical (unpaired) electrons. The van der Waals surface area contributed by atoms with Gasteiger partial charge in [0.25, 0.3) is 0 Å². The van der Waals surface area contributed by atoms with Crippen LogP contribution in [0.2, 0.25) is 5.02 Å². The molecule has 0 saturated carbocycles. The summed E-state index contributed by atoms with van der Waals surface area (Å²) >= 11 is 11.1. The fourth-order valence-electron chi connectivity index (χ4n) is 2.15. The fraction of sp³-hybridized carbons (Fsp3) is 0.278. The van der Waals surface area contributed by atoms with E-state index in [1.54, 1.807) is 18.9 Å². The zero-order valence-corrected chi connectivity index (χ0v) is 16.5. The van der Waals surface area contributed by atoms with Crippen molar-refractivity contribution in [3.8, 4) is 5.75 Å². The highest BCUT2D eigenvalue weighted by molar-refractivity contribution is 9.10. The van der Waals surface area contributed by atoms with E-state index in [1.165, 1.54) is 5.56 Å². The Kier molecular flexibility index (Phi) is 7.95. The molecule has 0 aliphatic carbocycles. The Labute approximate surface area is 160 Å². The van der Waals surface area contributed by atoms with Gasteiger partial charge in [0.2, 0.25) is 5.91 Å². The zero-order valence-electron chi connectivity index (χ0n) is 13.4. The largest absolute Gasteiger partial charge is 0.496 e. The second-order valence-electron chi connectivity index (χ2n) is 5.17. The van der Waals surface area contributed by atoms with E-state index in [0.29, 0.717) is 13.0 Å². The van der Waals surface area contributed by atoms with Crippen LogP contribution in [0.25, 0.3) is 0 Å². The molecule has 0 saturated heterocycles. The lowest BCUT2D eigenvalue weighted by Crippen LogP contribution is -2.23. The Hall–Kier alpha value is -1.17. The van der Waals surface area contributed by atoms with Crippen LogP contribution >= 0.6 is 39.3 Å². The van der Waals surface area contributed by atoms with E-state index in [0.717, 1.165) is 32.3 Å². The smallest absolute Gasteiger partial charge is 0.221 e. The Morgan fingerprint density at radius 1 is 1.29 bits per heavy atom. The molecule has 0 bridgehead atoms. The van der Waals surface area contributed by atoms with E-state index in [-0.39, 0.29) is 5.91 Å². The van der Waals surface area contributed by atoms with Crippen LogP contribution < -0.4 is 10.1 Å². The lowest BCUT2D eigenvalue weighted by molar-refractivity contribution is -0.120. The first kappa shape index (κ1) is 19.2. The lowest BCUT2D eigenvalue weighted by Gasteiger charge is -2.10. The lowest BCUT2D eigenvalue weighted by atomic mass is 10.2. The summed E-state index contributed by atoms with van der Waals surface area (Å²) in [7, 11) is 1.63. The Bertz CT molecular complexity index is 696. The molecule has 0 atom stereocenters. The van der Waals surface area contributed by atoms with Crippen LogP contribution in [-0.4, -0.2) is 18.8 Å². The number of methoxy groups -OCH3 is 1. The topological polar surface area (TPSA) is 38.3 Å². The average molecular weight is 429 g/mol. The van der Waals surface area contributed by atoms with Crippen LogP contribution in [0.4, 0.5) is 0 Å². The van der Waals surface area contributed by atoms with Crippen LogP contribution in [0.1, 0.15) is 17.5 Å². The molecule has 0 aliphatic rings. The quantitative estimate of drug-likeness (QED) is 0.598. The van der Waals surface area contributed by atoms with Crippen molar-refractivity contribution in [2.45, 2.75) is 18.7 Å². The summed E-state index contributed by atoms with van der Waals surface area (Å²) in [6, 6.07) is 13.5. The third-order valence-electron chi connectivity index (χ3n) is 3.35. The normalized spacial score (nSPS) is 10.5. The Balaban J connectivity index is 1.71. The minimum atomic E-state index is 0.0376. The van der Waals surface area contributed by atoms with E-state index in [2.05, 4.69) is 21.2 Å². The maximum Gasteiger partial charge on any atom is 0.221 e. The van der Waals surface area contributed by atoms with E-state index in [9.17, 15) is 4.79 Å². The Morgan fingerprint density at radius 2 is 2.12 bits per heavy atom. The first-order valence-electron chi connectivity index (χ1n) is 7.50. The minimum Gasteiger partial charge on any atom is -0.496 e. The monoisotopic (exact) mass is 427 g/mol. The molecule has 2 aromatic carbocycles. The van der Waals surface area contributed by atoms with Crippen molar-refractivity contribution in [1.82, 2.24) is 5.32 Å². The molecule has 128 valence electrons. The number of rotatable bonds is 8. The number of hydrogen-bond donors (Lipinski definition) is 1. The SMILES string of the molecule is COc1ccc(Br)cc1CNC(=O)CCSCc1cccc(Cl)c1. The number of benzene rings is 2. The molecule has 3 nitrogen and oxygen atoms in total.